The van der Waals surface area contributed by atoms with Crippen molar-refractivity contribution in [3.8, 4) is 0 Å². The Balaban J connectivity index is 1.28. The maximum Gasteiger partial charge on any atom is 0.0678 e. The number of unbranched alkanes of at least 4 members (excludes halogenated alkanes) is 1. The molecule has 0 aliphatic heterocycles. The van der Waals surface area contributed by atoms with Crippen LogP contribution in [0.3, 0.4) is 0 Å². The lowest BCUT2D eigenvalue weighted by atomic mass is 9.99. The molecular formula is C28H54P2+2. The van der Waals surface area contributed by atoms with E-state index in [1.807, 2.05) is 0 Å². The van der Waals surface area contributed by atoms with E-state index in [0.29, 0.717) is 0 Å². The number of rotatable bonds is 9. The molecule has 4 aliphatic carbocycles. The zero-order valence-corrected chi connectivity index (χ0v) is 22.3. The first-order chi connectivity index (χ1) is 14.9. The molecular weight excluding hydrogens is 398 g/mol. The van der Waals surface area contributed by atoms with Crippen LogP contribution in [0.15, 0.2) is 0 Å². The molecule has 4 rings (SSSR count). The molecule has 0 bridgehead atoms. The topological polar surface area (TPSA) is 0 Å². The second-order valence-corrected chi connectivity index (χ2v) is 18.3. The summed E-state index contributed by atoms with van der Waals surface area (Å²) in [6.07, 6.45) is 38.5. The Morgan fingerprint density at radius 2 is 0.567 bits per heavy atom. The fourth-order valence-corrected chi connectivity index (χ4v) is 16.9. The van der Waals surface area contributed by atoms with Crippen LogP contribution in [-0.2, 0) is 0 Å². The van der Waals surface area contributed by atoms with Gasteiger partial charge in [-0.3, -0.25) is 0 Å². The molecule has 30 heavy (non-hydrogen) atoms. The van der Waals surface area contributed by atoms with E-state index in [1.165, 1.54) is 22.6 Å². The number of hydrogen-bond acceptors (Lipinski definition) is 0. The summed E-state index contributed by atoms with van der Waals surface area (Å²) in [5.41, 5.74) is 4.86. The van der Waals surface area contributed by atoms with Gasteiger partial charge in [0.25, 0.3) is 0 Å². The first kappa shape index (κ1) is 24.0. The van der Waals surface area contributed by atoms with Crippen LogP contribution >= 0.6 is 15.8 Å². The van der Waals surface area contributed by atoms with Crippen molar-refractivity contribution < 1.29 is 0 Å². The molecule has 0 spiro atoms. The molecule has 0 amide bonds. The van der Waals surface area contributed by atoms with Crippen LogP contribution in [0.2, 0.25) is 0 Å². The fourth-order valence-electron chi connectivity index (χ4n) is 8.03. The maximum absolute atomic E-state index is 1.71. The largest absolute Gasteiger partial charge is 0.0678 e. The van der Waals surface area contributed by atoms with Crippen molar-refractivity contribution in [1.29, 1.82) is 0 Å². The van der Waals surface area contributed by atoms with Crippen molar-refractivity contribution >= 4 is 15.8 Å². The van der Waals surface area contributed by atoms with Crippen molar-refractivity contribution in [3.05, 3.63) is 0 Å². The number of hydrogen-bond donors (Lipinski definition) is 0. The highest BCUT2D eigenvalue weighted by molar-refractivity contribution is 7.59. The summed E-state index contributed by atoms with van der Waals surface area (Å²) in [6.45, 7) is 0. The standard InChI is InChI=1S/C28H52P2/c1-5-15-25(16-6-1)29(26-17-7-2-8-18-26)23-13-14-24-30(27-19-9-3-10-20-27)28-21-11-4-12-22-28/h25-28H,1-24H2/p+2. The highest BCUT2D eigenvalue weighted by Gasteiger charge is 2.39. The third kappa shape index (κ3) is 7.18. The van der Waals surface area contributed by atoms with E-state index in [1.54, 1.807) is 154 Å². The second kappa shape index (κ2) is 13.5. The van der Waals surface area contributed by atoms with Gasteiger partial charge < -0.3 is 0 Å². The van der Waals surface area contributed by atoms with Gasteiger partial charge in [-0.2, -0.15) is 0 Å². The lowest BCUT2D eigenvalue weighted by Crippen LogP contribution is -2.23. The minimum Gasteiger partial charge on any atom is -0.0530 e. The lowest BCUT2D eigenvalue weighted by Gasteiger charge is -2.33. The van der Waals surface area contributed by atoms with Crippen molar-refractivity contribution in [2.45, 2.75) is 164 Å². The predicted octanol–water partition coefficient (Wildman–Crippen LogP) is 9.53. The van der Waals surface area contributed by atoms with Crippen LogP contribution in [0.1, 0.15) is 141 Å². The third-order valence-electron chi connectivity index (χ3n) is 9.70. The van der Waals surface area contributed by atoms with Gasteiger partial charge in [-0.05, 0) is 116 Å². The van der Waals surface area contributed by atoms with Crippen LogP contribution in [-0.4, -0.2) is 35.0 Å². The van der Waals surface area contributed by atoms with E-state index in [9.17, 15) is 0 Å². The molecule has 174 valence electrons. The van der Waals surface area contributed by atoms with Crippen molar-refractivity contribution in [1.82, 2.24) is 0 Å². The van der Waals surface area contributed by atoms with Crippen LogP contribution in [0.25, 0.3) is 0 Å². The van der Waals surface area contributed by atoms with Crippen molar-refractivity contribution in [3.63, 3.8) is 0 Å². The molecule has 4 aliphatic rings. The van der Waals surface area contributed by atoms with Gasteiger partial charge in [-0.15, -0.1) is 0 Å². The van der Waals surface area contributed by atoms with Crippen LogP contribution in [0, 0.1) is 0 Å². The Morgan fingerprint density at radius 3 is 0.800 bits per heavy atom. The normalized spacial score (nSPS) is 26.6. The maximum atomic E-state index is 1.71. The van der Waals surface area contributed by atoms with Gasteiger partial charge in [-0.1, -0.05) is 25.7 Å². The van der Waals surface area contributed by atoms with E-state index in [2.05, 4.69) is 0 Å². The van der Waals surface area contributed by atoms with E-state index in [0.717, 1.165) is 0 Å². The molecule has 0 heterocycles. The van der Waals surface area contributed by atoms with Gasteiger partial charge in [-0.25, -0.2) is 0 Å². The summed E-state index contributed by atoms with van der Waals surface area (Å²) in [7, 11) is -0.162. The van der Waals surface area contributed by atoms with Gasteiger partial charge >= 0.3 is 0 Å². The SMILES string of the molecule is C1CCC([PH+](CCCC[PH+](C2CCCCC2)C2CCCCC2)C2CCCCC2)CC1. The second-order valence-electron chi connectivity index (χ2n) is 11.7. The predicted molar refractivity (Wildman–Crippen MR) is 143 cm³/mol. The first-order valence-electron chi connectivity index (χ1n) is 14.6. The van der Waals surface area contributed by atoms with Gasteiger partial charge in [0.2, 0.25) is 0 Å². The average Bonchev–Trinajstić information content (AvgIpc) is 2.84. The smallest absolute Gasteiger partial charge is 0.0530 e. The van der Waals surface area contributed by atoms with Gasteiger partial charge in [0.15, 0.2) is 0 Å². The van der Waals surface area contributed by atoms with Crippen molar-refractivity contribution in [2.24, 2.45) is 0 Å². The van der Waals surface area contributed by atoms with Gasteiger partial charge in [0.05, 0.1) is 35.0 Å². The Kier molecular flexibility index (Phi) is 10.8. The molecule has 0 radical (unpaired) electrons. The Hall–Kier alpha value is 0.860. The molecule has 4 saturated carbocycles. The van der Waals surface area contributed by atoms with Gasteiger partial charge in [0, 0.05) is 15.8 Å². The Bertz CT molecular complexity index is 362. The molecule has 0 aromatic rings. The minimum atomic E-state index is -0.0809. The molecule has 0 nitrogen and oxygen atoms in total. The summed E-state index contributed by atoms with van der Waals surface area (Å²) in [5, 5.41) is 0. The summed E-state index contributed by atoms with van der Waals surface area (Å²) < 4.78 is 0. The summed E-state index contributed by atoms with van der Waals surface area (Å²) >= 11 is 0. The summed E-state index contributed by atoms with van der Waals surface area (Å²) in [4.78, 5) is 0. The zero-order valence-electron chi connectivity index (χ0n) is 20.3. The molecule has 0 aromatic heterocycles. The Morgan fingerprint density at radius 1 is 0.333 bits per heavy atom. The highest BCUT2D eigenvalue weighted by Crippen LogP contribution is 2.58. The van der Waals surface area contributed by atoms with E-state index in [-0.39, 0.29) is 15.8 Å². The lowest BCUT2D eigenvalue weighted by molar-refractivity contribution is 0.482. The molecule has 2 heteroatoms. The zero-order chi connectivity index (χ0) is 20.4. The highest BCUT2D eigenvalue weighted by atomic mass is 31.1. The molecule has 0 atom stereocenters. The quantitative estimate of drug-likeness (QED) is 0.241. The fraction of sp³-hybridized carbons (Fsp3) is 1.00. The average molecular weight is 453 g/mol. The molecule has 0 unspecified atom stereocenters. The van der Waals surface area contributed by atoms with Gasteiger partial charge in [0.1, 0.15) is 0 Å². The van der Waals surface area contributed by atoms with Crippen LogP contribution in [0.4, 0.5) is 0 Å². The Labute approximate surface area is 192 Å². The minimum absolute atomic E-state index is 0.0809. The van der Waals surface area contributed by atoms with E-state index < -0.39 is 0 Å². The molecule has 0 aromatic carbocycles. The summed E-state index contributed by atoms with van der Waals surface area (Å²) in [5.74, 6) is 0. The van der Waals surface area contributed by atoms with E-state index in [4.69, 9.17) is 0 Å². The molecule has 4 fully saturated rings. The van der Waals surface area contributed by atoms with Crippen molar-refractivity contribution in [2.75, 3.05) is 12.3 Å². The molecule has 0 saturated heterocycles. The van der Waals surface area contributed by atoms with Crippen LogP contribution < -0.4 is 0 Å². The van der Waals surface area contributed by atoms with Crippen LogP contribution in [0.5, 0.6) is 0 Å². The summed E-state index contributed by atoms with van der Waals surface area (Å²) in [6, 6.07) is 0. The first-order valence-corrected chi connectivity index (χ1v) is 18.4. The monoisotopic (exact) mass is 452 g/mol. The third-order valence-corrected chi connectivity index (χ3v) is 18.1. The van der Waals surface area contributed by atoms with E-state index >= 15 is 0 Å². The molecule has 0 N–H and O–H groups in total.